The van der Waals surface area contributed by atoms with Crippen LogP contribution in [0, 0.1) is 5.92 Å². The van der Waals surface area contributed by atoms with Crippen LogP contribution in [0.15, 0.2) is 22.7 Å². The molecule has 4 rings (SSSR count). The highest BCUT2D eigenvalue weighted by atomic mass is 19.3. The van der Waals surface area contributed by atoms with Gasteiger partial charge >= 0.3 is 18.6 Å². The molecule has 1 aromatic heterocycles. The van der Waals surface area contributed by atoms with E-state index in [2.05, 4.69) is 20.2 Å². The molecular formula is C22H24F2N4O7. The SMILES string of the molecule is COc1cc(-c2noc(COC(=O)CN3C(=O)NC4(CCCCC4C)C3=O)n2)ccc1OC(F)F. The molecule has 0 bridgehead atoms. The van der Waals surface area contributed by atoms with Gasteiger partial charge in [0.1, 0.15) is 12.1 Å². The molecular weight excluding hydrogens is 470 g/mol. The number of carbonyl (C=O) groups is 3. The Kier molecular flexibility index (Phi) is 6.85. The summed E-state index contributed by atoms with van der Waals surface area (Å²) in [5.41, 5.74) is -0.579. The predicted octanol–water partition coefficient (Wildman–Crippen LogP) is 2.89. The summed E-state index contributed by atoms with van der Waals surface area (Å²) in [5.74, 6) is -1.33. The highest BCUT2D eigenvalue weighted by Gasteiger charge is 2.55. The molecule has 1 N–H and O–H groups in total. The molecule has 2 unspecified atom stereocenters. The van der Waals surface area contributed by atoms with Crippen molar-refractivity contribution in [2.45, 2.75) is 51.4 Å². The Hall–Kier alpha value is -3.77. The smallest absolute Gasteiger partial charge is 0.387 e. The van der Waals surface area contributed by atoms with Crippen LogP contribution in [0.3, 0.4) is 0 Å². The summed E-state index contributed by atoms with van der Waals surface area (Å²) in [6, 6.07) is 3.47. The fourth-order valence-electron chi connectivity index (χ4n) is 4.39. The van der Waals surface area contributed by atoms with Gasteiger partial charge in [-0.2, -0.15) is 13.8 Å². The van der Waals surface area contributed by atoms with Gasteiger partial charge in [0.15, 0.2) is 18.1 Å². The molecule has 11 nitrogen and oxygen atoms in total. The van der Waals surface area contributed by atoms with Crippen molar-refractivity contribution in [3.8, 4) is 22.9 Å². The average Bonchev–Trinajstić information content (AvgIpc) is 3.39. The Bertz CT molecular complexity index is 1120. The number of methoxy groups -OCH3 is 1. The number of nitrogens with one attached hydrogen (secondary N) is 1. The molecule has 13 heteroatoms. The van der Waals surface area contributed by atoms with Crippen molar-refractivity contribution in [2.24, 2.45) is 5.92 Å². The number of imide groups is 1. The number of amides is 3. The van der Waals surface area contributed by atoms with Crippen LogP contribution in [0.1, 0.15) is 38.5 Å². The molecule has 2 aromatic rings. The number of hydrogen-bond donors (Lipinski definition) is 1. The molecule has 2 fully saturated rings. The molecule has 2 heterocycles. The molecule has 1 aliphatic carbocycles. The van der Waals surface area contributed by atoms with Gasteiger partial charge in [0, 0.05) is 5.56 Å². The third-order valence-electron chi connectivity index (χ3n) is 6.25. The first-order chi connectivity index (χ1) is 16.7. The van der Waals surface area contributed by atoms with E-state index in [1.165, 1.54) is 25.3 Å². The van der Waals surface area contributed by atoms with E-state index >= 15 is 0 Å². The second-order valence-electron chi connectivity index (χ2n) is 8.36. The van der Waals surface area contributed by atoms with Crippen LogP contribution < -0.4 is 14.8 Å². The number of rotatable bonds is 8. The summed E-state index contributed by atoms with van der Waals surface area (Å²) >= 11 is 0. The van der Waals surface area contributed by atoms with E-state index in [1.807, 2.05) is 6.92 Å². The minimum atomic E-state index is -3.01. The van der Waals surface area contributed by atoms with E-state index in [0.29, 0.717) is 12.0 Å². The number of benzene rings is 1. The maximum atomic E-state index is 12.9. The van der Waals surface area contributed by atoms with Crippen LogP contribution in [0.2, 0.25) is 0 Å². The predicted molar refractivity (Wildman–Crippen MR) is 113 cm³/mol. The fraction of sp³-hybridized carbons (Fsp3) is 0.500. The minimum absolute atomic E-state index is 0.0276. The Morgan fingerprint density at radius 1 is 1.31 bits per heavy atom. The molecule has 0 radical (unpaired) electrons. The summed E-state index contributed by atoms with van der Waals surface area (Å²) in [6.07, 6.45) is 3.16. The number of halogens is 2. The zero-order valence-corrected chi connectivity index (χ0v) is 19.1. The van der Waals surface area contributed by atoms with Crippen molar-refractivity contribution >= 4 is 17.9 Å². The van der Waals surface area contributed by atoms with Gasteiger partial charge in [-0.05, 0) is 37.0 Å². The summed E-state index contributed by atoms with van der Waals surface area (Å²) in [5, 5.41) is 6.54. The summed E-state index contributed by atoms with van der Waals surface area (Å²) < 4.78 is 44.6. The number of ether oxygens (including phenoxy) is 3. The normalized spacial score (nSPS) is 22.0. The van der Waals surface area contributed by atoms with Crippen LogP contribution in [-0.2, 0) is 20.9 Å². The standard InChI is InChI=1S/C22H24F2N4O7/c1-12-5-3-4-8-22(12)19(30)28(21(31)26-22)10-17(29)33-11-16-25-18(27-35-16)13-6-7-14(34-20(23)24)15(9-13)32-2/h6-7,9,12,20H,3-5,8,10-11H2,1-2H3,(H,26,31). The number of alkyl halides is 2. The van der Waals surface area contributed by atoms with Crippen molar-refractivity contribution in [1.29, 1.82) is 0 Å². The maximum Gasteiger partial charge on any atom is 0.387 e. The largest absolute Gasteiger partial charge is 0.493 e. The molecule has 1 saturated carbocycles. The van der Waals surface area contributed by atoms with Crippen LogP contribution in [-0.4, -0.2) is 58.8 Å². The van der Waals surface area contributed by atoms with E-state index in [-0.39, 0.29) is 35.7 Å². The van der Waals surface area contributed by atoms with Crippen LogP contribution in [0.25, 0.3) is 11.4 Å². The minimum Gasteiger partial charge on any atom is -0.493 e. The van der Waals surface area contributed by atoms with Gasteiger partial charge in [0.2, 0.25) is 5.82 Å². The maximum absolute atomic E-state index is 12.9. The third-order valence-corrected chi connectivity index (χ3v) is 6.25. The van der Waals surface area contributed by atoms with Crippen LogP contribution >= 0.6 is 0 Å². The van der Waals surface area contributed by atoms with Crippen molar-refractivity contribution in [2.75, 3.05) is 13.7 Å². The molecule has 1 aliphatic heterocycles. The van der Waals surface area contributed by atoms with Gasteiger partial charge < -0.3 is 24.1 Å². The van der Waals surface area contributed by atoms with Crippen molar-refractivity contribution in [3.63, 3.8) is 0 Å². The van der Waals surface area contributed by atoms with Gasteiger partial charge in [-0.3, -0.25) is 14.5 Å². The lowest BCUT2D eigenvalue weighted by molar-refractivity contribution is -0.150. The summed E-state index contributed by atoms with van der Waals surface area (Å²) in [6.45, 7) is -2.02. The third kappa shape index (κ3) is 4.88. The van der Waals surface area contributed by atoms with E-state index in [9.17, 15) is 23.2 Å². The molecule has 2 aliphatic rings. The molecule has 188 valence electrons. The average molecular weight is 494 g/mol. The van der Waals surface area contributed by atoms with E-state index in [4.69, 9.17) is 14.0 Å². The second kappa shape index (κ2) is 9.84. The summed E-state index contributed by atoms with van der Waals surface area (Å²) in [7, 11) is 1.29. The monoisotopic (exact) mass is 494 g/mol. The zero-order chi connectivity index (χ0) is 25.2. The van der Waals surface area contributed by atoms with Gasteiger partial charge in [-0.15, -0.1) is 0 Å². The first kappa shape index (κ1) is 24.4. The van der Waals surface area contributed by atoms with E-state index < -0.39 is 36.6 Å². The van der Waals surface area contributed by atoms with Crippen molar-refractivity contribution in [1.82, 2.24) is 20.4 Å². The van der Waals surface area contributed by atoms with Crippen LogP contribution in [0.5, 0.6) is 11.5 Å². The number of urea groups is 1. The zero-order valence-electron chi connectivity index (χ0n) is 19.1. The molecule has 3 amide bonds. The second-order valence-corrected chi connectivity index (χ2v) is 8.36. The molecule has 1 aromatic carbocycles. The van der Waals surface area contributed by atoms with Gasteiger partial charge in [0.05, 0.1) is 7.11 Å². The Labute approximate surface area is 198 Å². The fourth-order valence-corrected chi connectivity index (χ4v) is 4.39. The lowest BCUT2D eigenvalue weighted by Crippen LogP contribution is -2.54. The lowest BCUT2D eigenvalue weighted by Gasteiger charge is -2.36. The number of nitrogens with zero attached hydrogens (tertiary/aromatic N) is 3. The van der Waals surface area contributed by atoms with Crippen LogP contribution in [0.4, 0.5) is 13.6 Å². The Morgan fingerprint density at radius 3 is 2.83 bits per heavy atom. The van der Waals surface area contributed by atoms with E-state index in [1.54, 1.807) is 0 Å². The number of esters is 1. The molecule has 35 heavy (non-hydrogen) atoms. The summed E-state index contributed by atoms with van der Waals surface area (Å²) in [4.78, 5) is 42.6. The topological polar surface area (TPSA) is 133 Å². The Balaban J connectivity index is 1.36. The molecule has 1 spiro atoms. The van der Waals surface area contributed by atoms with Gasteiger partial charge in [-0.25, -0.2) is 4.79 Å². The molecule has 2 atom stereocenters. The molecule has 1 saturated heterocycles. The van der Waals surface area contributed by atoms with Crippen molar-refractivity contribution < 1.29 is 41.9 Å². The van der Waals surface area contributed by atoms with Crippen molar-refractivity contribution in [3.05, 3.63) is 24.1 Å². The first-order valence-corrected chi connectivity index (χ1v) is 11.0. The first-order valence-electron chi connectivity index (χ1n) is 11.0. The van der Waals surface area contributed by atoms with Gasteiger partial charge in [-0.1, -0.05) is 24.9 Å². The lowest BCUT2D eigenvalue weighted by atomic mass is 9.73. The Morgan fingerprint density at radius 2 is 2.11 bits per heavy atom. The highest BCUT2D eigenvalue weighted by Crippen LogP contribution is 2.38. The number of carbonyl (C=O) groups excluding carboxylic acids is 3. The number of aromatic nitrogens is 2. The van der Waals surface area contributed by atoms with Gasteiger partial charge in [0.25, 0.3) is 11.8 Å². The van der Waals surface area contributed by atoms with E-state index in [0.717, 1.165) is 24.2 Å². The quantitative estimate of drug-likeness (QED) is 0.434. The highest BCUT2D eigenvalue weighted by molar-refractivity contribution is 6.08. The number of hydrogen-bond acceptors (Lipinski definition) is 9.